The summed E-state index contributed by atoms with van der Waals surface area (Å²) in [6.45, 7) is 0.719. The van der Waals surface area contributed by atoms with Crippen molar-refractivity contribution in [1.29, 1.82) is 0 Å². The first-order valence-electron chi connectivity index (χ1n) is 10.4. The number of carbonyl (C=O) groups excluding carboxylic acids is 1. The summed E-state index contributed by atoms with van der Waals surface area (Å²) >= 11 is 0. The fourth-order valence-corrected chi connectivity index (χ4v) is 3.85. The van der Waals surface area contributed by atoms with Gasteiger partial charge in [-0.15, -0.1) is 0 Å². The van der Waals surface area contributed by atoms with Crippen molar-refractivity contribution in [3.8, 4) is 11.4 Å². The van der Waals surface area contributed by atoms with Crippen LogP contribution in [0.5, 0.6) is 0 Å². The quantitative estimate of drug-likeness (QED) is 0.482. The van der Waals surface area contributed by atoms with Gasteiger partial charge >= 0.3 is 0 Å². The molecule has 0 bridgehead atoms. The van der Waals surface area contributed by atoms with Gasteiger partial charge in [-0.05, 0) is 35.7 Å². The molecule has 4 aromatic heterocycles. The maximum Gasteiger partial charge on any atom is 0.255 e. The summed E-state index contributed by atoms with van der Waals surface area (Å²) in [5.41, 5.74) is 4.39. The van der Waals surface area contributed by atoms with Gasteiger partial charge in [-0.1, -0.05) is 6.07 Å². The Morgan fingerprint density at radius 2 is 2.16 bits per heavy atom. The van der Waals surface area contributed by atoms with Gasteiger partial charge in [0.05, 0.1) is 30.0 Å². The molecule has 164 valence electrons. The number of aliphatic hydroxyl groups excluding tert-OH is 1. The Kier molecular flexibility index (Phi) is 5.38. The molecule has 0 unspecified atom stereocenters. The average Bonchev–Trinajstić information content (AvgIpc) is 3.44. The molecule has 4 aromatic rings. The van der Waals surface area contributed by atoms with Crippen molar-refractivity contribution in [2.75, 3.05) is 13.2 Å². The number of hydrogen-bond acceptors (Lipinski definition) is 7. The van der Waals surface area contributed by atoms with Gasteiger partial charge in [-0.25, -0.2) is 9.50 Å². The first-order chi connectivity index (χ1) is 15.6. The van der Waals surface area contributed by atoms with Gasteiger partial charge in [0, 0.05) is 38.7 Å². The number of rotatable bonds is 5. The lowest BCUT2D eigenvalue weighted by Gasteiger charge is -2.28. The van der Waals surface area contributed by atoms with Gasteiger partial charge in [-0.2, -0.15) is 10.2 Å². The van der Waals surface area contributed by atoms with E-state index in [0.717, 1.165) is 22.5 Å². The minimum absolute atomic E-state index is 0.215. The lowest BCUT2D eigenvalue weighted by atomic mass is 10.0. The third kappa shape index (κ3) is 4.10. The van der Waals surface area contributed by atoms with Crippen molar-refractivity contribution in [3.63, 3.8) is 0 Å². The second-order valence-electron chi connectivity index (χ2n) is 7.90. The Labute approximate surface area is 183 Å². The summed E-state index contributed by atoms with van der Waals surface area (Å²) in [5.74, 6) is -0.292. The summed E-state index contributed by atoms with van der Waals surface area (Å²) in [6.07, 6.45) is 7.37. The second-order valence-corrected chi connectivity index (χ2v) is 7.90. The number of nitrogens with zero attached hydrogens (tertiary/aromatic N) is 6. The highest BCUT2D eigenvalue weighted by Crippen LogP contribution is 2.18. The fourth-order valence-electron chi connectivity index (χ4n) is 3.85. The first-order valence-corrected chi connectivity index (χ1v) is 10.4. The molecule has 2 atom stereocenters. The zero-order valence-corrected chi connectivity index (χ0v) is 17.5. The number of aromatic nitrogens is 6. The molecule has 1 aliphatic heterocycles. The summed E-state index contributed by atoms with van der Waals surface area (Å²) < 4.78 is 8.58. The monoisotopic (exact) mass is 433 g/mol. The minimum atomic E-state index is -0.728. The molecule has 0 radical (unpaired) electrons. The van der Waals surface area contributed by atoms with E-state index in [9.17, 15) is 9.90 Å². The zero-order valence-electron chi connectivity index (χ0n) is 17.5. The van der Waals surface area contributed by atoms with E-state index in [0.29, 0.717) is 30.7 Å². The van der Waals surface area contributed by atoms with Crippen molar-refractivity contribution < 1.29 is 14.6 Å². The van der Waals surface area contributed by atoms with E-state index < -0.39 is 6.10 Å². The number of fused-ring (bicyclic) bond motifs is 1. The molecule has 1 amide bonds. The van der Waals surface area contributed by atoms with Gasteiger partial charge in [0.2, 0.25) is 0 Å². The van der Waals surface area contributed by atoms with Crippen molar-refractivity contribution in [1.82, 2.24) is 34.7 Å². The minimum Gasteiger partial charge on any atom is -0.389 e. The molecule has 0 aliphatic carbocycles. The number of ether oxygens (including phenoxy) is 1. The van der Waals surface area contributed by atoms with E-state index in [4.69, 9.17) is 4.74 Å². The Hall–Kier alpha value is -3.63. The smallest absolute Gasteiger partial charge is 0.255 e. The number of aryl methyl sites for hydroxylation is 1. The maximum atomic E-state index is 13.0. The first kappa shape index (κ1) is 20.3. The van der Waals surface area contributed by atoms with Crippen LogP contribution < -0.4 is 5.32 Å². The number of pyridine rings is 2. The largest absolute Gasteiger partial charge is 0.389 e. The normalized spacial score (nSPS) is 18.7. The van der Waals surface area contributed by atoms with E-state index in [1.54, 1.807) is 9.20 Å². The molecular weight excluding hydrogens is 410 g/mol. The predicted octanol–water partition coefficient (Wildman–Crippen LogP) is 0.995. The topological polar surface area (TPSA) is 119 Å². The van der Waals surface area contributed by atoms with Crippen molar-refractivity contribution in [2.24, 2.45) is 7.05 Å². The maximum absolute atomic E-state index is 13.0. The standard InChI is InChI=1S/C22H23N7O3/c1-28-6-4-18(27-28)17-3-2-14(10-23-17)8-15-9-16(21-24-13-25-29(21)11-15)22(31)26-19-5-7-32-12-20(19)30/h2-4,6,9-11,13,19-20,30H,5,7-8,12H2,1H3,(H,26,31)/t19-,20-/m0/s1. The highest BCUT2D eigenvalue weighted by atomic mass is 16.5. The van der Waals surface area contributed by atoms with Crippen molar-refractivity contribution in [2.45, 2.75) is 25.0 Å². The molecule has 1 fully saturated rings. The van der Waals surface area contributed by atoms with Crippen LogP contribution in [0.2, 0.25) is 0 Å². The number of hydrogen-bond donors (Lipinski definition) is 2. The Morgan fingerprint density at radius 1 is 1.25 bits per heavy atom. The van der Waals surface area contributed by atoms with Crippen LogP contribution in [0.1, 0.15) is 27.9 Å². The summed E-state index contributed by atoms with van der Waals surface area (Å²) in [5, 5.41) is 21.6. The molecular formula is C22H23N7O3. The van der Waals surface area contributed by atoms with Crippen molar-refractivity contribution in [3.05, 3.63) is 65.9 Å². The predicted molar refractivity (Wildman–Crippen MR) is 115 cm³/mol. The molecule has 2 N–H and O–H groups in total. The highest BCUT2D eigenvalue weighted by Gasteiger charge is 2.26. The van der Waals surface area contributed by atoms with Crippen molar-refractivity contribution >= 4 is 11.6 Å². The summed E-state index contributed by atoms with van der Waals surface area (Å²) in [7, 11) is 1.87. The van der Waals surface area contributed by atoms with Gasteiger partial charge in [0.1, 0.15) is 12.0 Å². The molecule has 5 heterocycles. The SMILES string of the molecule is Cn1ccc(-c2ccc(Cc3cc(C(=O)N[C@H]4CCOC[C@@H]4O)c4ncnn4c3)cn2)n1. The number of nitrogens with one attached hydrogen (secondary N) is 1. The lowest BCUT2D eigenvalue weighted by molar-refractivity contribution is -0.0260. The molecule has 0 spiro atoms. The lowest BCUT2D eigenvalue weighted by Crippen LogP contribution is -2.48. The zero-order chi connectivity index (χ0) is 22.1. The van der Waals surface area contributed by atoms with Crippen LogP contribution in [0, 0.1) is 0 Å². The van der Waals surface area contributed by atoms with Crippen LogP contribution in [0.15, 0.2) is 49.2 Å². The fraction of sp³-hybridized carbons (Fsp3) is 0.318. The van der Waals surface area contributed by atoms with E-state index >= 15 is 0 Å². The van der Waals surface area contributed by atoms with Crippen LogP contribution in [-0.4, -0.2) is 65.7 Å². The molecule has 10 nitrogen and oxygen atoms in total. The molecule has 10 heteroatoms. The molecule has 32 heavy (non-hydrogen) atoms. The molecule has 1 aliphatic rings. The highest BCUT2D eigenvalue weighted by molar-refractivity contribution is 6.00. The van der Waals surface area contributed by atoms with Gasteiger partial charge in [0.25, 0.3) is 5.91 Å². The number of amides is 1. The van der Waals surface area contributed by atoms with E-state index in [2.05, 4.69) is 25.5 Å². The van der Waals surface area contributed by atoms with Gasteiger partial charge in [0.15, 0.2) is 5.65 Å². The van der Waals surface area contributed by atoms with Gasteiger partial charge in [-0.3, -0.25) is 14.5 Å². The van der Waals surface area contributed by atoms with Crippen LogP contribution in [0.4, 0.5) is 0 Å². The number of aliphatic hydroxyl groups is 1. The second kappa shape index (κ2) is 8.48. The Balaban J connectivity index is 1.38. The third-order valence-corrected chi connectivity index (χ3v) is 5.53. The summed E-state index contributed by atoms with van der Waals surface area (Å²) in [4.78, 5) is 21.8. The number of carbonyl (C=O) groups is 1. The molecule has 0 saturated carbocycles. The van der Waals surface area contributed by atoms with Crippen LogP contribution in [0.3, 0.4) is 0 Å². The Bertz CT molecular complexity index is 1250. The van der Waals surface area contributed by atoms with Crippen LogP contribution in [0.25, 0.3) is 17.0 Å². The van der Waals surface area contributed by atoms with Crippen LogP contribution in [-0.2, 0) is 18.2 Å². The van der Waals surface area contributed by atoms with Crippen LogP contribution >= 0.6 is 0 Å². The van der Waals surface area contributed by atoms with Gasteiger partial charge < -0.3 is 15.2 Å². The van der Waals surface area contributed by atoms with E-state index in [1.807, 2.05) is 49.9 Å². The molecule has 5 rings (SSSR count). The Morgan fingerprint density at radius 3 is 2.91 bits per heavy atom. The third-order valence-electron chi connectivity index (χ3n) is 5.53. The average molecular weight is 433 g/mol. The van der Waals surface area contributed by atoms with E-state index in [-0.39, 0.29) is 18.6 Å². The molecule has 1 saturated heterocycles. The van der Waals surface area contributed by atoms with E-state index in [1.165, 1.54) is 6.33 Å². The summed E-state index contributed by atoms with van der Waals surface area (Å²) in [6, 6.07) is 7.32. The molecule has 0 aromatic carbocycles.